The molecule has 0 radical (unpaired) electrons. The SMILES string of the molecule is CN1CCN(CCNC(=O)C2CCCC(CCN)C2)CC1. The first-order chi connectivity index (χ1) is 10.2. The van der Waals surface area contributed by atoms with Crippen LogP contribution in [0.15, 0.2) is 0 Å². The second-order valence-electron chi connectivity index (χ2n) is 6.74. The van der Waals surface area contributed by atoms with Gasteiger partial charge in [-0.15, -0.1) is 0 Å². The van der Waals surface area contributed by atoms with Crippen LogP contribution in [0.25, 0.3) is 0 Å². The van der Waals surface area contributed by atoms with E-state index in [1.807, 2.05) is 0 Å². The topological polar surface area (TPSA) is 61.6 Å². The highest BCUT2D eigenvalue weighted by atomic mass is 16.1. The minimum Gasteiger partial charge on any atom is -0.355 e. The molecule has 0 bridgehead atoms. The van der Waals surface area contributed by atoms with Gasteiger partial charge in [-0.3, -0.25) is 9.69 Å². The van der Waals surface area contributed by atoms with Crippen molar-refractivity contribution in [3.05, 3.63) is 0 Å². The number of nitrogens with zero attached hydrogens (tertiary/aromatic N) is 2. The van der Waals surface area contributed by atoms with Gasteiger partial charge in [0.25, 0.3) is 0 Å². The Kier molecular flexibility index (Phi) is 6.93. The maximum absolute atomic E-state index is 12.3. The van der Waals surface area contributed by atoms with Crippen molar-refractivity contribution in [2.45, 2.75) is 32.1 Å². The van der Waals surface area contributed by atoms with Crippen molar-refractivity contribution in [2.24, 2.45) is 17.6 Å². The lowest BCUT2D eigenvalue weighted by Crippen LogP contribution is -2.47. The molecule has 3 N–H and O–H groups in total. The number of likely N-dealkylation sites (N-methyl/N-ethyl adjacent to an activating group) is 1. The van der Waals surface area contributed by atoms with Crippen LogP contribution < -0.4 is 11.1 Å². The molecule has 2 fully saturated rings. The van der Waals surface area contributed by atoms with Gasteiger partial charge < -0.3 is 16.0 Å². The van der Waals surface area contributed by atoms with Crippen molar-refractivity contribution < 1.29 is 4.79 Å². The molecule has 0 aromatic carbocycles. The van der Waals surface area contributed by atoms with Crippen molar-refractivity contribution in [3.63, 3.8) is 0 Å². The molecule has 5 heteroatoms. The maximum Gasteiger partial charge on any atom is 0.223 e. The molecule has 2 aliphatic rings. The lowest BCUT2D eigenvalue weighted by atomic mass is 9.79. The van der Waals surface area contributed by atoms with E-state index in [0.717, 1.165) is 65.1 Å². The fraction of sp³-hybridized carbons (Fsp3) is 0.938. The first-order valence-corrected chi connectivity index (χ1v) is 8.57. The Morgan fingerprint density at radius 3 is 2.71 bits per heavy atom. The molecule has 0 aromatic rings. The lowest BCUT2D eigenvalue weighted by Gasteiger charge is -2.32. The number of nitrogens with two attached hydrogens (primary N) is 1. The van der Waals surface area contributed by atoms with Gasteiger partial charge >= 0.3 is 0 Å². The quantitative estimate of drug-likeness (QED) is 0.749. The molecule has 2 unspecified atom stereocenters. The summed E-state index contributed by atoms with van der Waals surface area (Å²) in [5, 5.41) is 3.15. The Balaban J connectivity index is 1.62. The van der Waals surface area contributed by atoms with Crippen LogP contribution >= 0.6 is 0 Å². The molecule has 1 heterocycles. The summed E-state index contributed by atoms with van der Waals surface area (Å²) in [6.07, 6.45) is 5.60. The number of piperazine rings is 1. The number of hydrogen-bond acceptors (Lipinski definition) is 4. The fourth-order valence-electron chi connectivity index (χ4n) is 3.58. The molecule has 1 saturated carbocycles. The summed E-state index contributed by atoms with van der Waals surface area (Å²) in [7, 11) is 2.17. The third kappa shape index (κ3) is 5.57. The third-order valence-electron chi connectivity index (χ3n) is 5.05. The highest BCUT2D eigenvalue weighted by molar-refractivity contribution is 5.78. The van der Waals surface area contributed by atoms with Crippen LogP contribution in [0.5, 0.6) is 0 Å². The molecule has 122 valence electrons. The highest BCUT2D eigenvalue weighted by Gasteiger charge is 2.26. The second-order valence-corrected chi connectivity index (χ2v) is 6.74. The molecule has 5 nitrogen and oxygen atoms in total. The summed E-state index contributed by atoms with van der Waals surface area (Å²) in [6, 6.07) is 0. The zero-order valence-electron chi connectivity index (χ0n) is 13.5. The predicted octanol–water partition coefficient (Wildman–Crippen LogP) is 0.505. The molecule has 0 spiro atoms. The Bertz CT molecular complexity index is 313. The Labute approximate surface area is 129 Å². The normalized spacial score (nSPS) is 28.5. The van der Waals surface area contributed by atoms with Crippen LogP contribution in [0.4, 0.5) is 0 Å². The van der Waals surface area contributed by atoms with Crippen LogP contribution in [0.2, 0.25) is 0 Å². The van der Waals surface area contributed by atoms with Crippen molar-refractivity contribution >= 4 is 5.91 Å². The Morgan fingerprint density at radius 1 is 1.24 bits per heavy atom. The molecule has 1 aliphatic heterocycles. The number of carbonyl (C=O) groups is 1. The third-order valence-corrected chi connectivity index (χ3v) is 5.05. The van der Waals surface area contributed by atoms with Gasteiger partial charge in [0, 0.05) is 45.2 Å². The first kappa shape index (κ1) is 16.7. The number of carbonyl (C=O) groups excluding carboxylic acids is 1. The van der Waals surface area contributed by atoms with Gasteiger partial charge in [-0.05, 0) is 38.8 Å². The summed E-state index contributed by atoms with van der Waals surface area (Å²) < 4.78 is 0. The summed E-state index contributed by atoms with van der Waals surface area (Å²) in [6.45, 7) is 7.04. The van der Waals surface area contributed by atoms with Crippen LogP contribution in [0.3, 0.4) is 0 Å². The van der Waals surface area contributed by atoms with E-state index in [1.54, 1.807) is 0 Å². The molecular weight excluding hydrogens is 264 g/mol. The van der Waals surface area contributed by atoms with E-state index in [4.69, 9.17) is 5.73 Å². The smallest absolute Gasteiger partial charge is 0.223 e. The van der Waals surface area contributed by atoms with Crippen LogP contribution in [0, 0.1) is 11.8 Å². The van der Waals surface area contributed by atoms with Gasteiger partial charge in [0.05, 0.1) is 0 Å². The van der Waals surface area contributed by atoms with Gasteiger partial charge in [0.1, 0.15) is 0 Å². The molecule has 0 aromatic heterocycles. The average Bonchev–Trinajstić information content (AvgIpc) is 2.50. The van der Waals surface area contributed by atoms with E-state index < -0.39 is 0 Å². The van der Waals surface area contributed by atoms with E-state index in [2.05, 4.69) is 22.2 Å². The van der Waals surface area contributed by atoms with Crippen LogP contribution in [0.1, 0.15) is 32.1 Å². The summed E-state index contributed by atoms with van der Waals surface area (Å²) >= 11 is 0. The van der Waals surface area contributed by atoms with E-state index >= 15 is 0 Å². The van der Waals surface area contributed by atoms with Gasteiger partial charge in [-0.2, -0.15) is 0 Å². The molecule has 21 heavy (non-hydrogen) atoms. The van der Waals surface area contributed by atoms with Crippen molar-refractivity contribution in [3.8, 4) is 0 Å². The van der Waals surface area contributed by atoms with Gasteiger partial charge in [0.15, 0.2) is 0 Å². The first-order valence-electron chi connectivity index (χ1n) is 8.57. The zero-order chi connectivity index (χ0) is 15.1. The molecule has 2 rings (SSSR count). The summed E-state index contributed by atoms with van der Waals surface area (Å²) in [5.41, 5.74) is 5.64. The largest absolute Gasteiger partial charge is 0.355 e. The summed E-state index contributed by atoms with van der Waals surface area (Å²) in [5.74, 6) is 1.16. The molecule has 1 amide bonds. The monoisotopic (exact) mass is 296 g/mol. The Morgan fingerprint density at radius 2 is 2.00 bits per heavy atom. The van der Waals surface area contributed by atoms with Gasteiger partial charge in [0.2, 0.25) is 5.91 Å². The number of amides is 1. The predicted molar refractivity (Wildman–Crippen MR) is 86.1 cm³/mol. The van der Waals surface area contributed by atoms with E-state index in [9.17, 15) is 4.79 Å². The molecule has 1 saturated heterocycles. The standard InChI is InChI=1S/C16H32N4O/c1-19-9-11-20(12-10-19)8-7-18-16(21)15-4-2-3-14(13-15)5-6-17/h14-15H,2-13,17H2,1H3,(H,18,21). The average molecular weight is 296 g/mol. The van der Waals surface area contributed by atoms with Gasteiger partial charge in [-0.1, -0.05) is 12.8 Å². The van der Waals surface area contributed by atoms with Crippen LogP contribution in [-0.2, 0) is 4.79 Å². The van der Waals surface area contributed by atoms with E-state index in [0.29, 0.717) is 5.92 Å². The maximum atomic E-state index is 12.3. The van der Waals surface area contributed by atoms with Crippen molar-refractivity contribution in [1.82, 2.24) is 15.1 Å². The zero-order valence-corrected chi connectivity index (χ0v) is 13.5. The molecule has 2 atom stereocenters. The lowest BCUT2D eigenvalue weighted by molar-refractivity contribution is -0.126. The Hall–Kier alpha value is -0.650. The van der Waals surface area contributed by atoms with Crippen LogP contribution in [-0.4, -0.2) is 68.6 Å². The van der Waals surface area contributed by atoms with Crippen molar-refractivity contribution in [1.29, 1.82) is 0 Å². The molecule has 1 aliphatic carbocycles. The summed E-state index contributed by atoms with van der Waals surface area (Å²) in [4.78, 5) is 17.1. The fourth-order valence-corrected chi connectivity index (χ4v) is 3.58. The highest BCUT2D eigenvalue weighted by Crippen LogP contribution is 2.30. The number of hydrogen-bond donors (Lipinski definition) is 2. The van der Waals surface area contributed by atoms with E-state index in [1.165, 1.54) is 12.8 Å². The number of rotatable bonds is 6. The second kappa shape index (κ2) is 8.71. The van der Waals surface area contributed by atoms with Gasteiger partial charge in [-0.25, -0.2) is 0 Å². The minimum absolute atomic E-state index is 0.225. The number of nitrogens with one attached hydrogen (secondary N) is 1. The minimum atomic E-state index is 0.225. The van der Waals surface area contributed by atoms with E-state index in [-0.39, 0.29) is 11.8 Å². The van der Waals surface area contributed by atoms with Crippen molar-refractivity contribution in [2.75, 3.05) is 52.9 Å². The molecular formula is C16H32N4O.